The van der Waals surface area contributed by atoms with Crippen molar-refractivity contribution in [3.63, 3.8) is 0 Å². The van der Waals surface area contributed by atoms with Gasteiger partial charge < -0.3 is 79.7 Å². The molecule has 0 radical (unpaired) electrons. The minimum Gasteiger partial charge on any atom is -0.778 e. The van der Waals surface area contributed by atoms with E-state index in [0.717, 1.165) is 36.6 Å². The molecule has 1 amide bonds. The van der Waals surface area contributed by atoms with Crippen LogP contribution in [0.25, 0.3) is 22.3 Å². The number of aromatic amines is 2. The average molecular weight is 1210 g/mol. The molecule has 13 N–H and O–H groups in total. The van der Waals surface area contributed by atoms with Crippen LogP contribution in [0, 0.1) is 5.92 Å². The highest BCUT2D eigenvalue weighted by atomic mass is 31.3. The van der Waals surface area contributed by atoms with Crippen molar-refractivity contribution >= 4 is 71.1 Å². The zero-order valence-electron chi connectivity index (χ0n) is 41.1. The minimum atomic E-state index is -6.28. The van der Waals surface area contributed by atoms with Gasteiger partial charge in [-0.3, -0.25) is 42.5 Å². The largest absolute Gasteiger partial charge is 0.778 e. The van der Waals surface area contributed by atoms with Crippen molar-refractivity contribution in [3.8, 4) is 0 Å². The molecule has 0 aliphatic carbocycles. The summed E-state index contributed by atoms with van der Waals surface area (Å²) in [6.07, 6.45) is -12.6. The Morgan fingerprint density at radius 1 is 0.787 bits per heavy atom. The molecule has 80 heavy (non-hydrogen) atoms. The Labute approximate surface area is 445 Å². The van der Waals surface area contributed by atoms with Gasteiger partial charge in [0.25, 0.3) is 22.6 Å². The van der Waals surface area contributed by atoms with E-state index in [1.165, 1.54) is 34.6 Å². The van der Waals surface area contributed by atoms with E-state index in [2.05, 4.69) is 38.9 Å². The number of imidazole rings is 2. The van der Waals surface area contributed by atoms with Crippen molar-refractivity contribution in [3.05, 3.63) is 98.3 Å². The molecule has 3 aliphatic rings. The number of amides is 1. The van der Waals surface area contributed by atoms with E-state index in [9.17, 15) is 72.3 Å². The van der Waals surface area contributed by atoms with Gasteiger partial charge in [0.05, 0.1) is 51.1 Å². The van der Waals surface area contributed by atoms with Gasteiger partial charge in [-0.05, 0) is 12.1 Å². The summed E-state index contributed by atoms with van der Waals surface area (Å²) in [6, 6.07) is 8.73. The summed E-state index contributed by atoms with van der Waals surface area (Å²) in [5, 5.41) is 35.7. The number of aliphatic hydroxyl groups is 3. The third kappa shape index (κ3) is 12.2. The number of carbonyl (C=O) groups excluding carboxylic acids is 1. The molecule has 8 heterocycles. The third-order valence-corrected chi connectivity index (χ3v) is 18.9. The van der Waals surface area contributed by atoms with Gasteiger partial charge in [-0.1, -0.05) is 18.2 Å². The molecule has 5 aromatic heterocycles. The Morgan fingerprint density at radius 2 is 1.43 bits per heavy atom. The van der Waals surface area contributed by atoms with Crippen molar-refractivity contribution in [2.45, 2.75) is 67.1 Å². The summed E-state index contributed by atoms with van der Waals surface area (Å²) in [7, 11) is -21.3. The van der Waals surface area contributed by atoms with Crippen LogP contribution in [0.1, 0.15) is 29.0 Å². The number of methoxy groups -OCH3 is 1. The lowest BCUT2D eigenvalue weighted by Gasteiger charge is -2.35. The second-order valence-corrected chi connectivity index (χ2v) is 24.5. The average Bonchev–Trinajstić information content (AvgIpc) is 4.22. The fourth-order valence-corrected chi connectivity index (χ4v) is 14.5. The Hall–Kier alpha value is -5.85. The lowest BCUT2D eigenvalue weighted by atomic mass is 9.98. The van der Waals surface area contributed by atoms with Crippen LogP contribution in [0.3, 0.4) is 0 Å². The molecule has 1 aromatic carbocycles. The van der Waals surface area contributed by atoms with E-state index in [1.807, 2.05) is 4.98 Å². The number of phosphoric ester groups is 2. The number of nitrogens with two attached hydrogens (primary N) is 2. The summed E-state index contributed by atoms with van der Waals surface area (Å²) in [5.41, 5.74) is 7.18. The van der Waals surface area contributed by atoms with Gasteiger partial charge in [0.15, 0.2) is 23.9 Å². The van der Waals surface area contributed by atoms with Gasteiger partial charge in [0.1, 0.15) is 50.0 Å². The highest BCUT2D eigenvalue weighted by Crippen LogP contribution is 2.68. The predicted octanol–water partition coefficient (Wildman–Crippen LogP) is -3.75. The second kappa shape index (κ2) is 22.8. The lowest BCUT2D eigenvalue weighted by Crippen LogP contribution is -2.40. The molecule has 37 nitrogen and oxygen atoms in total. The van der Waals surface area contributed by atoms with Crippen LogP contribution in [-0.4, -0.2) is 161 Å². The van der Waals surface area contributed by atoms with Crippen molar-refractivity contribution in [1.29, 1.82) is 0 Å². The van der Waals surface area contributed by atoms with E-state index < -0.39 is 153 Å². The van der Waals surface area contributed by atoms with E-state index in [-0.39, 0.29) is 39.7 Å². The first kappa shape index (κ1) is 58.8. The van der Waals surface area contributed by atoms with E-state index in [0.29, 0.717) is 4.57 Å². The number of nitrogens with zero attached hydrogens (tertiary/aromatic N) is 8. The van der Waals surface area contributed by atoms with Crippen LogP contribution in [0.2, 0.25) is 0 Å². The van der Waals surface area contributed by atoms with E-state index in [1.54, 1.807) is 18.2 Å². The molecule has 0 spiro atoms. The Kier molecular flexibility index (Phi) is 16.8. The number of benzene rings is 1. The zero-order valence-corrected chi connectivity index (χ0v) is 44.7. The monoisotopic (exact) mass is 1210 g/mol. The van der Waals surface area contributed by atoms with Gasteiger partial charge in [-0.2, -0.15) is 18.2 Å². The number of aryl methyl sites for hydroxylation is 1. The van der Waals surface area contributed by atoms with Crippen LogP contribution in [0.4, 0.5) is 11.8 Å². The molecular formula is C39H49N13O24P4. The Morgan fingerprint density at radius 3 is 2.10 bits per heavy atom. The topological polar surface area (TPSA) is 530 Å². The van der Waals surface area contributed by atoms with E-state index in [4.69, 9.17) is 44.0 Å². The number of H-pyrrole nitrogens is 2. The molecule has 9 rings (SSSR count). The van der Waals surface area contributed by atoms with Crippen molar-refractivity contribution < 1.29 is 104 Å². The molecule has 3 fully saturated rings. The standard InChI is InChI=1S/C39H49N13O24P4/c1-49-16-52(32-24(49)34(58)48-38(41)47-32)35-25(54)18(10-42-33(57)17-6-4-3-5-7-17)19(72-35)11-70-78(62,63)75-80(66,67)76-79(64,65)71-13-21-29(28(68-2)37(74-21)51-15-45-23-30(40)43-14-44-31(23)51)77(60,61)69-12-20-26(55)27(56)36(73-20)50-9-8-22(53)46-39(50)59/h3-9,14-16,18-21,25-29,35-37,54-56H,10-13H2,1-2H3,(H10-,40,41,42,43,44,46,47,48,53,57,58,59,60,61,62,63,64,65,66,67)/t18-,19-,20-,21-,25-,26-,27-,28-,29-,35-,36-,37-/m1/s1. The van der Waals surface area contributed by atoms with Gasteiger partial charge in [0, 0.05) is 37.4 Å². The highest BCUT2D eigenvalue weighted by Gasteiger charge is 2.55. The van der Waals surface area contributed by atoms with Crippen molar-refractivity contribution in [2.24, 2.45) is 13.0 Å². The van der Waals surface area contributed by atoms with Gasteiger partial charge in [0.2, 0.25) is 18.5 Å². The Balaban J connectivity index is 0.895. The molecule has 0 bridgehead atoms. The third-order valence-electron chi connectivity index (χ3n) is 12.8. The summed E-state index contributed by atoms with van der Waals surface area (Å²) in [4.78, 5) is 117. The zero-order chi connectivity index (χ0) is 57.8. The molecule has 434 valence electrons. The number of nitrogens with one attached hydrogen (secondary N) is 3. The SMILES string of the molecule is CO[C@@H]1[C@H](P(=O)([O-])OC[C@H]2O[C@@H](n3ccc(=O)[nH]c3=O)[C@H](O)[C@@H]2O)[C@@H](COP(=O)(O)OP(=O)(O)OP(=O)(O)OC[C@H]2O[C@@H](n3c[n+](C)c4c(=O)[nH]c(N)nc43)[C@H](O)[C@@H]2CNC(=O)c2ccccc2)O[C@H]1n1cnc2c(N)ncnc21. The van der Waals surface area contributed by atoms with E-state index >= 15 is 0 Å². The maximum absolute atomic E-state index is 14.3. The lowest BCUT2D eigenvalue weighted by molar-refractivity contribution is -0.646. The second-order valence-electron chi connectivity index (χ2n) is 18.0. The van der Waals surface area contributed by atoms with Gasteiger partial charge in [-0.15, -0.1) is 0 Å². The van der Waals surface area contributed by atoms with Crippen molar-refractivity contribution in [1.82, 2.24) is 48.9 Å². The summed E-state index contributed by atoms with van der Waals surface area (Å²) >= 11 is 0. The molecule has 3 saturated heterocycles. The number of ether oxygens (including phenoxy) is 4. The van der Waals surface area contributed by atoms with Crippen LogP contribution >= 0.6 is 31.1 Å². The van der Waals surface area contributed by atoms with Crippen LogP contribution in [0.5, 0.6) is 0 Å². The molecule has 0 saturated carbocycles. The quantitative estimate of drug-likeness (QED) is 0.0244. The molecule has 41 heteroatoms. The first-order valence-electron chi connectivity index (χ1n) is 23.2. The summed E-state index contributed by atoms with van der Waals surface area (Å²) in [6.45, 7) is -3.91. The molecule has 4 unspecified atom stereocenters. The first-order valence-corrected chi connectivity index (χ1v) is 29.3. The number of aliphatic hydroxyl groups excluding tert-OH is 3. The number of phosphoric acid groups is 3. The molecule has 6 aromatic rings. The van der Waals surface area contributed by atoms with Gasteiger partial charge in [-0.25, -0.2) is 38.0 Å². The number of nitrogen functional groups attached to an aromatic ring is 2. The van der Waals surface area contributed by atoms with Crippen LogP contribution in [0.15, 0.2) is 76.0 Å². The van der Waals surface area contributed by atoms with Crippen LogP contribution in [-0.2, 0) is 66.4 Å². The summed E-state index contributed by atoms with van der Waals surface area (Å²) in [5.74, 6) is -2.27. The number of rotatable bonds is 21. The number of carbonyl (C=O) groups is 1. The number of fused-ring (bicyclic) bond motifs is 2. The smallest absolute Gasteiger partial charge is 0.490 e. The molecule has 16 atom stereocenters. The number of hydrogen-bond donors (Lipinski definition) is 11. The van der Waals surface area contributed by atoms with Crippen LogP contribution < -0.4 is 43.1 Å². The normalized spacial score (nSPS) is 29.1. The molecular weight excluding hydrogens is 1160 g/mol. The maximum atomic E-state index is 14.3. The summed E-state index contributed by atoms with van der Waals surface area (Å²) < 4.78 is 105. The van der Waals surface area contributed by atoms with Gasteiger partial charge >= 0.3 is 34.7 Å². The first-order chi connectivity index (χ1) is 37.7. The fraction of sp³-hybridized carbons (Fsp3) is 0.462. The predicted molar refractivity (Wildman–Crippen MR) is 261 cm³/mol. The maximum Gasteiger partial charge on any atom is 0.490 e. The molecule has 3 aliphatic heterocycles. The minimum absolute atomic E-state index is 0.00920. The number of aromatic nitrogens is 10. The number of anilines is 2. The number of hydrogen-bond acceptors (Lipinski definition) is 27. The Bertz CT molecular complexity index is 3680. The fourth-order valence-electron chi connectivity index (χ4n) is 9.22. The highest BCUT2D eigenvalue weighted by molar-refractivity contribution is 7.66. The van der Waals surface area contributed by atoms with Crippen molar-refractivity contribution in [2.75, 3.05) is 44.9 Å².